The third kappa shape index (κ3) is 5.50. The van der Waals surface area contributed by atoms with E-state index in [1.165, 1.54) is 38.3 Å². The Bertz CT molecular complexity index is 1030. The largest absolute Gasteiger partial charge is 0.481 e. The first kappa shape index (κ1) is 24.1. The number of carbonyl (C=O) groups is 1. The van der Waals surface area contributed by atoms with E-state index in [0.717, 1.165) is 14.9 Å². The predicted molar refractivity (Wildman–Crippen MR) is 108 cm³/mol. The molecule has 0 saturated carbocycles. The summed E-state index contributed by atoms with van der Waals surface area (Å²) in [5, 5.41) is 9.61. The zero-order valence-corrected chi connectivity index (χ0v) is 18.4. The minimum atomic E-state index is -4.18. The molecule has 1 aromatic carbocycles. The lowest BCUT2D eigenvalue weighted by Gasteiger charge is -2.42. The summed E-state index contributed by atoms with van der Waals surface area (Å²) in [4.78, 5) is 11.7. The minimum Gasteiger partial charge on any atom is -0.481 e. The fraction of sp³-hybridized carbons (Fsp3) is 0.500. The maximum Gasteiger partial charge on any atom is 0.323 e. The van der Waals surface area contributed by atoms with E-state index >= 15 is 0 Å². The van der Waals surface area contributed by atoms with Gasteiger partial charge in [0, 0.05) is 26.2 Å². The van der Waals surface area contributed by atoms with Gasteiger partial charge in [-0.2, -0.15) is 8.61 Å². The number of hydrogen-bond acceptors (Lipinski definition) is 7. The highest BCUT2D eigenvalue weighted by Gasteiger charge is 2.47. The molecule has 1 heterocycles. The molecule has 2 unspecified atom stereocenters. The highest BCUT2D eigenvalue weighted by molar-refractivity contribution is 7.89. The van der Waals surface area contributed by atoms with Crippen molar-refractivity contribution in [2.45, 2.75) is 23.9 Å². The topological polar surface area (TPSA) is 131 Å². The van der Waals surface area contributed by atoms with Crippen LogP contribution in [0.4, 0.5) is 0 Å². The van der Waals surface area contributed by atoms with Crippen molar-refractivity contribution in [2.24, 2.45) is 0 Å². The van der Waals surface area contributed by atoms with Crippen LogP contribution in [0, 0.1) is 11.8 Å². The number of benzene rings is 1. The van der Waals surface area contributed by atoms with E-state index in [0.29, 0.717) is 5.75 Å². The molecule has 1 N–H and O–H groups in total. The molecular formula is C18H24N2O8S2. The molecule has 0 spiro atoms. The van der Waals surface area contributed by atoms with Crippen LogP contribution in [0.2, 0.25) is 0 Å². The first-order valence-corrected chi connectivity index (χ1v) is 12.2. The number of hydrogen-bond donors (Lipinski definition) is 1. The summed E-state index contributed by atoms with van der Waals surface area (Å²) in [6, 6.07) is 2.88. The SMILES string of the molecule is COCC#CCOc1ccc(S(=O)(=O)N2CCN(S(C)(=O)=O)C(C)C2C(=O)O)cc1. The van der Waals surface area contributed by atoms with Gasteiger partial charge in [0.25, 0.3) is 0 Å². The van der Waals surface area contributed by atoms with Gasteiger partial charge in [-0.25, -0.2) is 16.8 Å². The summed E-state index contributed by atoms with van der Waals surface area (Å²) < 4.78 is 61.9. The molecule has 0 bridgehead atoms. The molecule has 1 fully saturated rings. The summed E-state index contributed by atoms with van der Waals surface area (Å²) in [7, 11) is -6.34. The van der Waals surface area contributed by atoms with Crippen LogP contribution in [0.1, 0.15) is 6.92 Å². The summed E-state index contributed by atoms with van der Waals surface area (Å²) in [5.74, 6) is 4.42. The summed E-state index contributed by atoms with van der Waals surface area (Å²) in [5.41, 5.74) is 0. The van der Waals surface area contributed by atoms with Crippen molar-refractivity contribution in [1.29, 1.82) is 0 Å². The van der Waals surface area contributed by atoms with Gasteiger partial charge in [0.05, 0.1) is 11.2 Å². The van der Waals surface area contributed by atoms with Crippen LogP contribution in [0.25, 0.3) is 0 Å². The Balaban J connectivity index is 2.23. The zero-order valence-electron chi connectivity index (χ0n) is 16.8. The van der Waals surface area contributed by atoms with E-state index in [-0.39, 0.29) is 31.2 Å². The number of nitrogens with zero attached hydrogens (tertiary/aromatic N) is 2. The fourth-order valence-corrected chi connectivity index (χ4v) is 5.91. The number of methoxy groups -OCH3 is 1. The van der Waals surface area contributed by atoms with Crippen LogP contribution in [0.15, 0.2) is 29.2 Å². The van der Waals surface area contributed by atoms with E-state index in [9.17, 15) is 26.7 Å². The van der Waals surface area contributed by atoms with Crippen molar-refractivity contribution >= 4 is 26.0 Å². The molecule has 12 heteroatoms. The molecule has 1 aliphatic heterocycles. The van der Waals surface area contributed by atoms with Crippen LogP contribution in [0.3, 0.4) is 0 Å². The second-order valence-corrected chi connectivity index (χ2v) is 10.4. The molecule has 166 valence electrons. The number of rotatable bonds is 7. The van der Waals surface area contributed by atoms with Gasteiger partial charge in [0.2, 0.25) is 20.0 Å². The van der Waals surface area contributed by atoms with E-state index in [4.69, 9.17) is 9.47 Å². The molecule has 0 amide bonds. The quantitative estimate of drug-likeness (QED) is 0.555. The summed E-state index contributed by atoms with van der Waals surface area (Å²) in [6.07, 6.45) is 0.963. The Morgan fingerprint density at radius 2 is 1.67 bits per heavy atom. The maximum absolute atomic E-state index is 13.1. The smallest absolute Gasteiger partial charge is 0.323 e. The van der Waals surface area contributed by atoms with Crippen molar-refractivity contribution in [3.8, 4) is 17.6 Å². The molecule has 1 aliphatic rings. The molecule has 0 radical (unpaired) electrons. The van der Waals surface area contributed by atoms with Crippen LogP contribution in [0.5, 0.6) is 5.75 Å². The van der Waals surface area contributed by atoms with Crippen molar-refractivity contribution in [2.75, 3.05) is 39.7 Å². The molecule has 0 aromatic heterocycles. The van der Waals surface area contributed by atoms with Crippen LogP contribution in [-0.2, 0) is 29.6 Å². The molecule has 10 nitrogen and oxygen atoms in total. The first-order chi connectivity index (χ1) is 14.0. The van der Waals surface area contributed by atoms with E-state index < -0.39 is 38.1 Å². The van der Waals surface area contributed by atoms with E-state index in [1.54, 1.807) is 0 Å². The zero-order chi connectivity index (χ0) is 22.5. The Morgan fingerprint density at radius 1 is 1.10 bits per heavy atom. The standard InChI is InChI=1S/C18H24N2O8S2/c1-14-17(18(21)22)20(11-10-19(14)29(3,23)24)30(25,26)16-8-6-15(7-9-16)28-13-5-4-12-27-2/h6-9,14,17H,10-13H2,1-3H3,(H,21,22). The van der Waals surface area contributed by atoms with Gasteiger partial charge in [0.1, 0.15) is 25.0 Å². The molecule has 1 saturated heterocycles. The van der Waals surface area contributed by atoms with Gasteiger partial charge in [-0.1, -0.05) is 11.8 Å². The van der Waals surface area contributed by atoms with E-state index in [2.05, 4.69) is 11.8 Å². The summed E-state index contributed by atoms with van der Waals surface area (Å²) >= 11 is 0. The number of sulfonamides is 2. The number of aliphatic carboxylic acids is 1. The number of carboxylic acid groups (broad SMARTS) is 1. The monoisotopic (exact) mass is 460 g/mol. The Labute approximate surface area is 176 Å². The molecular weight excluding hydrogens is 436 g/mol. The lowest BCUT2D eigenvalue weighted by molar-refractivity contribution is -0.144. The molecule has 1 aromatic rings. The Kier molecular flexibility index (Phi) is 7.84. The van der Waals surface area contributed by atoms with Crippen LogP contribution >= 0.6 is 0 Å². The Hall–Kier alpha value is -2.17. The van der Waals surface area contributed by atoms with Crippen LogP contribution in [-0.4, -0.2) is 88.3 Å². The highest BCUT2D eigenvalue weighted by Crippen LogP contribution is 2.27. The van der Waals surface area contributed by atoms with Gasteiger partial charge < -0.3 is 14.6 Å². The van der Waals surface area contributed by atoms with Crippen molar-refractivity contribution in [1.82, 2.24) is 8.61 Å². The van der Waals surface area contributed by atoms with Crippen molar-refractivity contribution in [3.63, 3.8) is 0 Å². The maximum atomic E-state index is 13.1. The van der Waals surface area contributed by atoms with Gasteiger partial charge in [-0.3, -0.25) is 4.79 Å². The van der Waals surface area contributed by atoms with Crippen molar-refractivity contribution < 1.29 is 36.2 Å². The second-order valence-electron chi connectivity index (χ2n) is 6.56. The average molecular weight is 461 g/mol. The highest BCUT2D eigenvalue weighted by atomic mass is 32.2. The van der Waals surface area contributed by atoms with Gasteiger partial charge in [-0.05, 0) is 31.2 Å². The summed E-state index contributed by atoms with van der Waals surface area (Å²) in [6.45, 7) is 1.34. The van der Waals surface area contributed by atoms with Gasteiger partial charge in [0.15, 0.2) is 0 Å². The van der Waals surface area contributed by atoms with Gasteiger partial charge in [-0.15, -0.1) is 0 Å². The Morgan fingerprint density at radius 3 is 2.20 bits per heavy atom. The lowest BCUT2D eigenvalue weighted by atomic mass is 10.1. The number of piperazine rings is 1. The third-order valence-electron chi connectivity index (χ3n) is 4.52. The molecule has 2 atom stereocenters. The average Bonchev–Trinajstić information content (AvgIpc) is 2.66. The molecule has 30 heavy (non-hydrogen) atoms. The second kappa shape index (κ2) is 9.76. The third-order valence-corrected chi connectivity index (χ3v) is 7.79. The minimum absolute atomic E-state index is 0.0987. The predicted octanol–water partition coefficient (Wildman–Crippen LogP) is -0.177. The normalized spacial score (nSPS) is 20.9. The van der Waals surface area contributed by atoms with Gasteiger partial charge >= 0.3 is 5.97 Å². The lowest BCUT2D eigenvalue weighted by Crippen LogP contribution is -2.63. The molecule has 2 rings (SSSR count). The first-order valence-electron chi connectivity index (χ1n) is 8.89. The fourth-order valence-electron chi connectivity index (χ4n) is 3.14. The number of carboxylic acids is 1. The van der Waals surface area contributed by atoms with E-state index in [1.807, 2.05) is 0 Å². The molecule has 0 aliphatic carbocycles. The van der Waals surface area contributed by atoms with Crippen molar-refractivity contribution in [3.05, 3.63) is 24.3 Å². The van der Waals surface area contributed by atoms with Crippen LogP contribution < -0.4 is 4.74 Å². The number of ether oxygens (including phenoxy) is 2.